The van der Waals surface area contributed by atoms with E-state index in [9.17, 15) is 0 Å². The van der Waals surface area contributed by atoms with Crippen LogP contribution < -0.4 is 0 Å². The normalized spacial score (nSPS) is 54.2. The second kappa shape index (κ2) is 4.87. The molecule has 0 radical (unpaired) electrons. The topological polar surface area (TPSA) is 0 Å². The van der Waals surface area contributed by atoms with Gasteiger partial charge in [0.25, 0.3) is 0 Å². The van der Waals surface area contributed by atoms with Crippen molar-refractivity contribution in [2.75, 3.05) is 0 Å². The molecule has 4 rings (SSSR count). The van der Waals surface area contributed by atoms with Gasteiger partial charge in [0, 0.05) is 0 Å². The number of rotatable bonds is 1. The van der Waals surface area contributed by atoms with Crippen molar-refractivity contribution < 1.29 is 0 Å². The van der Waals surface area contributed by atoms with Crippen LogP contribution in [0.2, 0.25) is 0 Å². The maximum Gasteiger partial charge on any atom is -0.00771 e. The second-order valence-electron chi connectivity index (χ2n) is 9.88. The minimum absolute atomic E-state index is 0.527. The molecule has 0 aliphatic heterocycles. The minimum Gasteiger partial charge on any atom is -0.0836 e. The van der Waals surface area contributed by atoms with E-state index in [2.05, 4.69) is 33.8 Å². The molecule has 0 saturated heterocycles. The van der Waals surface area contributed by atoms with Crippen molar-refractivity contribution in [3.05, 3.63) is 11.6 Å². The monoisotopic (exact) mass is 300 g/mol. The van der Waals surface area contributed by atoms with Gasteiger partial charge in [0.15, 0.2) is 0 Å². The van der Waals surface area contributed by atoms with Gasteiger partial charge in [-0.2, -0.15) is 0 Å². The summed E-state index contributed by atoms with van der Waals surface area (Å²) in [5.41, 5.74) is 3.61. The van der Waals surface area contributed by atoms with E-state index in [0.29, 0.717) is 16.2 Å². The molecule has 0 N–H and O–H groups in total. The molecule has 0 aromatic heterocycles. The largest absolute Gasteiger partial charge is 0.0836 e. The molecule has 4 aliphatic rings. The zero-order valence-electron chi connectivity index (χ0n) is 15.4. The summed E-state index contributed by atoms with van der Waals surface area (Å²) >= 11 is 0. The first-order valence-electron chi connectivity index (χ1n) is 10.2. The second-order valence-corrected chi connectivity index (χ2v) is 9.88. The third-order valence-electron chi connectivity index (χ3n) is 9.18. The van der Waals surface area contributed by atoms with Crippen LogP contribution in [0.25, 0.3) is 0 Å². The number of allylic oxidation sites excluding steroid dienone is 2. The fraction of sp³-hybridized carbons (Fsp3) is 0.909. The van der Waals surface area contributed by atoms with Crippen LogP contribution >= 0.6 is 0 Å². The summed E-state index contributed by atoms with van der Waals surface area (Å²) in [5.74, 6) is 2.93. The van der Waals surface area contributed by atoms with Crippen LogP contribution in [0.1, 0.15) is 91.9 Å². The predicted molar refractivity (Wildman–Crippen MR) is 94.7 cm³/mol. The highest BCUT2D eigenvalue weighted by Crippen LogP contribution is 2.70. The number of hydrogen-bond donors (Lipinski definition) is 0. The van der Waals surface area contributed by atoms with Gasteiger partial charge in [-0.3, -0.25) is 0 Å². The molecule has 4 aliphatic carbocycles. The van der Waals surface area contributed by atoms with Gasteiger partial charge in [0.1, 0.15) is 0 Å². The molecule has 0 nitrogen and oxygen atoms in total. The molecule has 6 unspecified atom stereocenters. The summed E-state index contributed by atoms with van der Waals surface area (Å²) in [4.78, 5) is 0. The molecular formula is C22H36. The fourth-order valence-electron chi connectivity index (χ4n) is 7.97. The van der Waals surface area contributed by atoms with E-state index in [1.807, 2.05) is 5.57 Å². The summed E-state index contributed by atoms with van der Waals surface area (Å²) < 4.78 is 0. The molecule has 0 aromatic rings. The highest BCUT2D eigenvalue weighted by molar-refractivity contribution is 5.33. The lowest BCUT2D eigenvalue weighted by molar-refractivity contribution is -0.0224. The number of hydrogen-bond acceptors (Lipinski definition) is 0. The van der Waals surface area contributed by atoms with Crippen LogP contribution in [-0.4, -0.2) is 0 Å². The van der Waals surface area contributed by atoms with Crippen molar-refractivity contribution in [2.45, 2.75) is 91.9 Å². The average molecular weight is 301 g/mol. The quantitative estimate of drug-likeness (QED) is 0.469. The summed E-state index contributed by atoms with van der Waals surface area (Å²) in [6, 6.07) is 0. The molecule has 0 spiro atoms. The lowest BCUT2D eigenvalue weighted by Crippen LogP contribution is -2.52. The first-order valence-corrected chi connectivity index (χ1v) is 10.2. The van der Waals surface area contributed by atoms with E-state index in [-0.39, 0.29) is 0 Å². The van der Waals surface area contributed by atoms with Crippen LogP contribution in [0, 0.1) is 34.0 Å². The van der Waals surface area contributed by atoms with Gasteiger partial charge in [-0.1, -0.05) is 58.6 Å². The molecular weight excluding hydrogens is 264 g/mol. The van der Waals surface area contributed by atoms with Crippen molar-refractivity contribution in [3.8, 4) is 0 Å². The van der Waals surface area contributed by atoms with Crippen molar-refractivity contribution in [2.24, 2.45) is 34.0 Å². The zero-order valence-corrected chi connectivity index (χ0v) is 15.4. The third kappa shape index (κ3) is 1.76. The molecule has 0 heterocycles. The van der Waals surface area contributed by atoms with E-state index < -0.39 is 0 Å². The molecule has 0 bridgehead atoms. The Labute approximate surface area is 138 Å². The standard InChI is InChI=1S/C22H36/c1-5-16-9-10-18-21(16,3)15-12-19-20(2)13-7-6-8-17(20)11-14-22(18,19)4/h12,16-18H,5-11,13-15H2,1-4H3. The van der Waals surface area contributed by atoms with Crippen molar-refractivity contribution in [3.63, 3.8) is 0 Å². The van der Waals surface area contributed by atoms with Crippen LogP contribution in [-0.2, 0) is 0 Å². The number of fused-ring (bicyclic) bond motifs is 5. The van der Waals surface area contributed by atoms with Crippen molar-refractivity contribution in [1.82, 2.24) is 0 Å². The fourth-order valence-corrected chi connectivity index (χ4v) is 7.97. The van der Waals surface area contributed by atoms with Crippen LogP contribution in [0.5, 0.6) is 0 Å². The highest BCUT2D eigenvalue weighted by atomic mass is 14.6. The maximum atomic E-state index is 2.78. The van der Waals surface area contributed by atoms with Gasteiger partial charge in [-0.15, -0.1) is 0 Å². The van der Waals surface area contributed by atoms with E-state index in [4.69, 9.17) is 0 Å². The van der Waals surface area contributed by atoms with Gasteiger partial charge in [0.05, 0.1) is 0 Å². The molecule has 22 heavy (non-hydrogen) atoms. The Morgan fingerprint density at radius 3 is 2.55 bits per heavy atom. The van der Waals surface area contributed by atoms with Crippen LogP contribution in [0.3, 0.4) is 0 Å². The lowest BCUT2D eigenvalue weighted by Gasteiger charge is -2.61. The molecule has 0 aromatic carbocycles. The first kappa shape index (κ1) is 15.3. The first-order chi connectivity index (χ1) is 10.4. The summed E-state index contributed by atoms with van der Waals surface area (Å²) in [7, 11) is 0. The minimum atomic E-state index is 0.527. The van der Waals surface area contributed by atoms with Gasteiger partial charge in [-0.05, 0) is 78.9 Å². The zero-order chi connectivity index (χ0) is 15.6. The van der Waals surface area contributed by atoms with Gasteiger partial charge < -0.3 is 0 Å². The summed E-state index contributed by atoms with van der Waals surface area (Å²) in [6.07, 6.45) is 17.5. The summed E-state index contributed by atoms with van der Waals surface area (Å²) in [6.45, 7) is 10.4. The molecule has 124 valence electrons. The SMILES string of the molecule is CCC1CCC2C3(C)CCC4CCCCC4(C)C3=CCC12C. The molecule has 6 atom stereocenters. The maximum absolute atomic E-state index is 2.78. The van der Waals surface area contributed by atoms with Crippen LogP contribution in [0.15, 0.2) is 11.6 Å². The van der Waals surface area contributed by atoms with E-state index in [1.54, 1.807) is 0 Å². The van der Waals surface area contributed by atoms with E-state index in [0.717, 1.165) is 17.8 Å². The highest BCUT2D eigenvalue weighted by Gasteiger charge is 2.61. The molecule has 0 heteroatoms. The van der Waals surface area contributed by atoms with Gasteiger partial charge >= 0.3 is 0 Å². The molecule has 3 saturated carbocycles. The van der Waals surface area contributed by atoms with Crippen molar-refractivity contribution in [1.29, 1.82) is 0 Å². The molecule has 0 amide bonds. The summed E-state index contributed by atoms with van der Waals surface area (Å²) in [5, 5.41) is 0. The Hall–Kier alpha value is -0.260. The average Bonchev–Trinajstić information content (AvgIpc) is 2.84. The Balaban J connectivity index is 1.77. The molecule has 3 fully saturated rings. The Bertz CT molecular complexity index is 488. The van der Waals surface area contributed by atoms with Gasteiger partial charge in [0.2, 0.25) is 0 Å². The lowest BCUT2D eigenvalue weighted by atomic mass is 9.43. The predicted octanol–water partition coefficient (Wildman–Crippen LogP) is 6.76. The Morgan fingerprint density at radius 1 is 0.955 bits per heavy atom. The Kier molecular flexibility index (Phi) is 3.38. The Morgan fingerprint density at radius 2 is 1.77 bits per heavy atom. The van der Waals surface area contributed by atoms with E-state index in [1.165, 1.54) is 64.2 Å². The van der Waals surface area contributed by atoms with Crippen LogP contribution in [0.4, 0.5) is 0 Å². The smallest absolute Gasteiger partial charge is 0.00771 e. The van der Waals surface area contributed by atoms with E-state index >= 15 is 0 Å². The van der Waals surface area contributed by atoms with Gasteiger partial charge in [-0.25, -0.2) is 0 Å². The third-order valence-corrected chi connectivity index (χ3v) is 9.18. The van der Waals surface area contributed by atoms with Crippen molar-refractivity contribution >= 4 is 0 Å².